The Morgan fingerprint density at radius 1 is 1.25 bits per heavy atom. The minimum Gasteiger partial charge on any atom is -0.322 e. The van der Waals surface area contributed by atoms with Gasteiger partial charge in [-0.05, 0) is 12.1 Å². The quantitative estimate of drug-likeness (QED) is 0.625. The van der Waals surface area contributed by atoms with Gasteiger partial charge in [0.2, 0.25) is 0 Å². The van der Waals surface area contributed by atoms with Crippen molar-refractivity contribution in [2.24, 2.45) is 0 Å². The molecule has 1 heterocycles. The van der Waals surface area contributed by atoms with Crippen LogP contribution in [0.2, 0.25) is 0 Å². The van der Waals surface area contributed by atoms with Gasteiger partial charge in [-0.2, -0.15) is 0 Å². The predicted octanol–water partition coefficient (Wildman–Crippen LogP) is 3.76. The van der Waals surface area contributed by atoms with E-state index >= 15 is 0 Å². The van der Waals surface area contributed by atoms with Crippen molar-refractivity contribution in [3.63, 3.8) is 0 Å². The zero-order chi connectivity index (χ0) is 17.3. The molecule has 0 aliphatic carbocycles. The van der Waals surface area contributed by atoms with Crippen LogP contribution >= 0.6 is 11.8 Å². The van der Waals surface area contributed by atoms with E-state index in [0.29, 0.717) is 12.3 Å². The number of halogens is 2. The molecule has 0 unspecified atom stereocenters. The molecule has 1 saturated heterocycles. The molecular formula is C16H12F2N2O3S. The van der Waals surface area contributed by atoms with Crippen LogP contribution < -0.4 is 0 Å². The molecule has 0 bridgehead atoms. The second kappa shape index (κ2) is 6.56. The lowest BCUT2D eigenvalue weighted by atomic mass is 10.1. The maximum Gasteiger partial charge on any atom is 0.270 e. The van der Waals surface area contributed by atoms with Crippen LogP contribution in [0.5, 0.6) is 0 Å². The van der Waals surface area contributed by atoms with Gasteiger partial charge in [0.15, 0.2) is 0 Å². The zero-order valence-electron chi connectivity index (χ0n) is 12.3. The number of nitro benzene ring substituents is 1. The average molecular weight is 350 g/mol. The number of nitrogens with zero attached hydrogens (tertiary/aromatic N) is 2. The molecule has 8 heteroatoms. The summed E-state index contributed by atoms with van der Waals surface area (Å²) in [4.78, 5) is 24.4. The van der Waals surface area contributed by atoms with Crippen molar-refractivity contribution in [2.75, 3.05) is 12.3 Å². The topological polar surface area (TPSA) is 63.4 Å². The second-order valence-electron chi connectivity index (χ2n) is 5.19. The van der Waals surface area contributed by atoms with Crippen molar-refractivity contribution < 1.29 is 18.5 Å². The molecule has 1 aliphatic rings. The monoisotopic (exact) mass is 350 g/mol. The molecular weight excluding hydrogens is 338 g/mol. The largest absolute Gasteiger partial charge is 0.322 e. The summed E-state index contributed by atoms with van der Waals surface area (Å²) in [5.41, 5.74) is 0.203. The van der Waals surface area contributed by atoms with E-state index in [-0.39, 0.29) is 16.8 Å². The Balaban J connectivity index is 1.91. The van der Waals surface area contributed by atoms with Gasteiger partial charge in [-0.15, -0.1) is 11.8 Å². The highest BCUT2D eigenvalue weighted by molar-refractivity contribution is 7.99. The molecule has 0 aromatic heterocycles. The summed E-state index contributed by atoms with van der Waals surface area (Å²) in [6.07, 6.45) is 0. The van der Waals surface area contributed by atoms with Gasteiger partial charge in [0, 0.05) is 41.6 Å². The number of thioether (sulfide) groups is 1. The number of hydrogen-bond acceptors (Lipinski definition) is 4. The first-order valence-electron chi connectivity index (χ1n) is 7.09. The Hall–Kier alpha value is -2.48. The van der Waals surface area contributed by atoms with Gasteiger partial charge in [0.05, 0.1) is 4.92 Å². The number of hydrogen-bond donors (Lipinski definition) is 0. The van der Waals surface area contributed by atoms with Crippen LogP contribution in [-0.4, -0.2) is 28.0 Å². The number of amides is 1. The molecule has 0 saturated carbocycles. The van der Waals surface area contributed by atoms with Crippen molar-refractivity contribution in [3.8, 4) is 0 Å². The Morgan fingerprint density at radius 2 is 2.04 bits per heavy atom. The summed E-state index contributed by atoms with van der Waals surface area (Å²) in [5, 5.41) is 10.3. The molecule has 1 fully saturated rings. The Labute approximate surface area is 140 Å². The third-order valence-corrected chi connectivity index (χ3v) is 4.93. The minimum absolute atomic E-state index is 0.166. The molecule has 0 spiro atoms. The summed E-state index contributed by atoms with van der Waals surface area (Å²) in [5.74, 6) is -1.22. The lowest BCUT2D eigenvalue weighted by molar-refractivity contribution is -0.384. The molecule has 1 aliphatic heterocycles. The van der Waals surface area contributed by atoms with Gasteiger partial charge in [0.25, 0.3) is 11.6 Å². The van der Waals surface area contributed by atoms with Crippen LogP contribution in [0.25, 0.3) is 0 Å². The number of benzene rings is 2. The fourth-order valence-corrected chi connectivity index (χ4v) is 3.83. The van der Waals surface area contributed by atoms with E-state index in [1.54, 1.807) is 0 Å². The average Bonchev–Trinajstić information content (AvgIpc) is 3.03. The molecule has 3 rings (SSSR count). The normalized spacial score (nSPS) is 17.1. The predicted molar refractivity (Wildman–Crippen MR) is 85.7 cm³/mol. The first-order chi connectivity index (χ1) is 11.5. The van der Waals surface area contributed by atoms with Crippen molar-refractivity contribution >= 4 is 23.4 Å². The summed E-state index contributed by atoms with van der Waals surface area (Å²) in [6, 6.07) is 8.66. The lowest BCUT2D eigenvalue weighted by Gasteiger charge is -2.24. The highest BCUT2D eigenvalue weighted by atomic mass is 32.2. The number of carbonyl (C=O) groups is 1. The number of nitro groups is 1. The molecule has 0 radical (unpaired) electrons. The highest BCUT2D eigenvalue weighted by Gasteiger charge is 2.33. The van der Waals surface area contributed by atoms with E-state index < -0.39 is 27.8 Å². The van der Waals surface area contributed by atoms with Gasteiger partial charge in [0.1, 0.15) is 17.0 Å². The molecule has 1 atom stereocenters. The van der Waals surface area contributed by atoms with Crippen molar-refractivity contribution in [1.29, 1.82) is 0 Å². The van der Waals surface area contributed by atoms with Gasteiger partial charge < -0.3 is 4.90 Å². The van der Waals surface area contributed by atoms with E-state index in [9.17, 15) is 23.7 Å². The number of carbonyl (C=O) groups excluding carboxylic acids is 1. The van der Waals surface area contributed by atoms with Crippen LogP contribution in [0.4, 0.5) is 14.5 Å². The standard InChI is InChI=1S/C16H12F2N2O3S/c17-11-4-5-13(14(18)9-11)16-19(6-7-24-16)15(21)10-2-1-3-12(8-10)20(22)23/h1-5,8-9,16H,6-7H2/t16-/m0/s1. The SMILES string of the molecule is O=C(c1cccc([N+](=O)[O-])c1)N1CCS[C@H]1c1ccc(F)cc1F. The van der Waals surface area contributed by atoms with Gasteiger partial charge in [-0.1, -0.05) is 12.1 Å². The Kier molecular flexibility index (Phi) is 4.48. The van der Waals surface area contributed by atoms with Gasteiger partial charge >= 0.3 is 0 Å². The molecule has 2 aromatic carbocycles. The van der Waals surface area contributed by atoms with Crippen molar-refractivity contribution in [3.05, 3.63) is 75.3 Å². The van der Waals surface area contributed by atoms with Crippen LogP contribution in [0, 0.1) is 21.7 Å². The van der Waals surface area contributed by atoms with Crippen molar-refractivity contribution in [2.45, 2.75) is 5.37 Å². The van der Waals surface area contributed by atoms with E-state index in [1.165, 1.54) is 47.0 Å². The smallest absolute Gasteiger partial charge is 0.270 e. The first kappa shape index (κ1) is 16.4. The Morgan fingerprint density at radius 3 is 2.75 bits per heavy atom. The summed E-state index contributed by atoms with van der Waals surface area (Å²) >= 11 is 1.37. The molecule has 124 valence electrons. The number of rotatable bonds is 3. The summed E-state index contributed by atoms with van der Waals surface area (Å²) in [6.45, 7) is 0.383. The lowest BCUT2D eigenvalue weighted by Crippen LogP contribution is -2.30. The van der Waals surface area contributed by atoms with Crippen LogP contribution in [-0.2, 0) is 0 Å². The Bertz CT molecular complexity index is 816. The second-order valence-corrected chi connectivity index (χ2v) is 6.38. The maximum absolute atomic E-state index is 14.0. The minimum atomic E-state index is -0.716. The fourth-order valence-electron chi connectivity index (χ4n) is 2.56. The van der Waals surface area contributed by atoms with Crippen molar-refractivity contribution in [1.82, 2.24) is 4.90 Å². The zero-order valence-corrected chi connectivity index (χ0v) is 13.1. The summed E-state index contributed by atoms with van der Waals surface area (Å²) in [7, 11) is 0. The van der Waals surface area contributed by atoms with E-state index in [1.807, 2.05) is 0 Å². The van der Waals surface area contributed by atoms with Gasteiger partial charge in [-0.3, -0.25) is 14.9 Å². The molecule has 24 heavy (non-hydrogen) atoms. The van der Waals surface area contributed by atoms with E-state index in [4.69, 9.17) is 0 Å². The summed E-state index contributed by atoms with van der Waals surface area (Å²) < 4.78 is 27.1. The number of non-ortho nitro benzene ring substituents is 1. The maximum atomic E-state index is 14.0. The van der Waals surface area contributed by atoms with Crippen LogP contribution in [0.1, 0.15) is 21.3 Å². The van der Waals surface area contributed by atoms with Crippen LogP contribution in [0.15, 0.2) is 42.5 Å². The third kappa shape index (κ3) is 3.09. The van der Waals surface area contributed by atoms with E-state index in [2.05, 4.69) is 0 Å². The molecule has 2 aromatic rings. The highest BCUT2D eigenvalue weighted by Crippen LogP contribution is 2.40. The fraction of sp³-hybridized carbons (Fsp3) is 0.188. The van der Waals surface area contributed by atoms with Crippen LogP contribution in [0.3, 0.4) is 0 Å². The molecule has 0 N–H and O–H groups in total. The third-order valence-electron chi connectivity index (χ3n) is 3.68. The first-order valence-corrected chi connectivity index (χ1v) is 8.14. The molecule has 5 nitrogen and oxygen atoms in total. The van der Waals surface area contributed by atoms with E-state index in [0.717, 1.165) is 12.1 Å². The van der Waals surface area contributed by atoms with Gasteiger partial charge in [-0.25, -0.2) is 8.78 Å². The molecule has 1 amide bonds.